The summed E-state index contributed by atoms with van der Waals surface area (Å²) in [5.41, 5.74) is 4.20. The molecule has 0 aliphatic carbocycles. The largest absolute Gasteiger partial charge is 0.347 e. The molecule has 0 saturated carbocycles. The lowest BCUT2D eigenvalue weighted by Gasteiger charge is -2.15. The molecule has 1 aromatic heterocycles. The number of rotatable bonds is 6. The Hall–Kier alpha value is -3.38. The maximum absolute atomic E-state index is 12.7. The summed E-state index contributed by atoms with van der Waals surface area (Å²) in [6.45, 7) is 5.80. The van der Waals surface area contributed by atoms with Gasteiger partial charge in [0, 0.05) is 23.3 Å². The van der Waals surface area contributed by atoms with E-state index in [1.165, 1.54) is 22.8 Å². The fourth-order valence-electron chi connectivity index (χ4n) is 3.50. The molecule has 0 radical (unpaired) electrons. The van der Waals surface area contributed by atoms with Gasteiger partial charge >= 0.3 is 0 Å². The van der Waals surface area contributed by atoms with Gasteiger partial charge in [0.15, 0.2) is 0 Å². The molecule has 3 rings (SSSR count). The van der Waals surface area contributed by atoms with Gasteiger partial charge in [-0.05, 0) is 55.7 Å². The number of halogens is 1. The number of amides is 2. The van der Waals surface area contributed by atoms with Crippen molar-refractivity contribution in [2.75, 3.05) is 5.32 Å². The van der Waals surface area contributed by atoms with E-state index in [0.29, 0.717) is 10.7 Å². The molecule has 7 heteroatoms. The van der Waals surface area contributed by atoms with Crippen LogP contribution in [0.15, 0.2) is 59.4 Å². The Kier molecular flexibility index (Phi) is 6.92. The summed E-state index contributed by atoms with van der Waals surface area (Å²) in [6, 6.07) is 15.4. The zero-order valence-corrected chi connectivity index (χ0v) is 18.4. The molecule has 0 aliphatic rings. The van der Waals surface area contributed by atoms with Gasteiger partial charge in [0.2, 0.25) is 5.91 Å². The van der Waals surface area contributed by atoms with Gasteiger partial charge in [-0.2, -0.15) is 0 Å². The highest BCUT2D eigenvalue weighted by Crippen LogP contribution is 2.22. The Morgan fingerprint density at radius 2 is 1.65 bits per heavy atom. The van der Waals surface area contributed by atoms with Crippen molar-refractivity contribution in [2.24, 2.45) is 0 Å². The number of nitrogens with zero attached hydrogens (tertiary/aromatic N) is 1. The van der Waals surface area contributed by atoms with Gasteiger partial charge in [-0.3, -0.25) is 19.0 Å². The van der Waals surface area contributed by atoms with Crippen LogP contribution in [0, 0.1) is 20.8 Å². The third kappa shape index (κ3) is 5.61. The Balaban J connectivity index is 1.77. The van der Waals surface area contributed by atoms with Crippen molar-refractivity contribution in [1.82, 2.24) is 9.88 Å². The molecule has 160 valence electrons. The monoisotopic (exact) mass is 437 g/mol. The molecule has 0 unspecified atom stereocenters. The molecular weight excluding hydrogens is 414 g/mol. The van der Waals surface area contributed by atoms with Crippen LogP contribution in [0.1, 0.15) is 32.7 Å². The van der Waals surface area contributed by atoms with Crippen LogP contribution < -0.4 is 16.2 Å². The highest BCUT2D eigenvalue weighted by atomic mass is 35.5. The molecular formula is C24H24ClN3O3. The highest BCUT2D eigenvalue weighted by Gasteiger charge is 2.16. The first kappa shape index (κ1) is 22.3. The third-order valence-electron chi connectivity index (χ3n) is 4.87. The van der Waals surface area contributed by atoms with Crippen LogP contribution in [0.3, 0.4) is 0 Å². The van der Waals surface area contributed by atoms with Crippen molar-refractivity contribution in [2.45, 2.75) is 33.9 Å². The van der Waals surface area contributed by atoms with Crippen molar-refractivity contribution in [1.29, 1.82) is 0 Å². The van der Waals surface area contributed by atoms with Crippen LogP contribution in [0.4, 0.5) is 5.69 Å². The number of carbonyl (C=O) groups excluding carboxylic acids is 2. The average molecular weight is 438 g/mol. The fraction of sp³-hybridized carbons (Fsp3) is 0.208. The number of anilines is 1. The fourth-order valence-corrected chi connectivity index (χ4v) is 3.71. The summed E-state index contributed by atoms with van der Waals surface area (Å²) >= 11 is 5.98. The summed E-state index contributed by atoms with van der Waals surface area (Å²) in [5, 5.41) is 6.21. The lowest BCUT2D eigenvalue weighted by atomic mass is 10.1. The second-order valence-electron chi connectivity index (χ2n) is 7.47. The van der Waals surface area contributed by atoms with Gasteiger partial charge in [-0.15, -0.1) is 0 Å². The minimum atomic E-state index is -0.451. The molecule has 0 aliphatic heterocycles. The molecule has 2 N–H and O–H groups in total. The number of pyridine rings is 1. The predicted molar refractivity (Wildman–Crippen MR) is 123 cm³/mol. The van der Waals surface area contributed by atoms with Crippen LogP contribution in [0.2, 0.25) is 5.02 Å². The smallest absolute Gasteiger partial charge is 0.268 e. The van der Waals surface area contributed by atoms with Gasteiger partial charge in [0.25, 0.3) is 11.5 Å². The number of aryl methyl sites for hydroxylation is 3. The van der Waals surface area contributed by atoms with E-state index >= 15 is 0 Å². The average Bonchev–Trinajstić information content (AvgIpc) is 2.70. The molecule has 31 heavy (non-hydrogen) atoms. The van der Waals surface area contributed by atoms with E-state index in [-0.39, 0.29) is 24.7 Å². The van der Waals surface area contributed by atoms with Crippen molar-refractivity contribution in [3.8, 4) is 0 Å². The molecule has 2 amide bonds. The Morgan fingerprint density at radius 1 is 0.968 bits per heavy atom. The normalized spacial score (nSPS) is 10.6. The quantitative estimate of drug-likeness (QED) is 0.611. The van der Waals surface area contributed by atoms with Crippen LogP contribution in [0.25, 0.3) is 0 Å². The predicted octanol–water partition coefficient (Wildman–Crippen LogP) is 4.00. The molecule has 0 saturated heterocycles. The van der Waals surface area contributed by atoms with E-state index in [1.807, 2.05) is 39.0 Å². The summed E-state index contributed by atoms with van der Waals surface area (Å²) in [5.74, 6) is -0.833. The molecule has 0 atom stereocenters. The number of hydrogen-bond acceptors (Lipinski definition) is 3. The summed E-state index contributed by atoms with van der Waals surface area (Å²) in [6.07, 6.45) is 0. The van der Waals surface area contributed by atoms with Gasteiger partial charge in [-0.1, -0.05) is 47.5 Å². The highest BCUT2D eigenvalue weighted by molar-refractivity contribution is 6.30. The minimum Gasteiger partial charge on any atom is -0.347 e. The number of hydrogen-bond donors (Lipinski definition) is 2. The summed E-state index contributed by atoms with van der Waals surface area (Å²) in [4.78, 5) is 37.8. The molecule has 6 nitrogen and oxygen atoms in total. The van der Waals surface area contributed by atoms with Gasteiger partial charge in [0.05, 0.1) is 0 Å². The van der Waals surface area contributed by atoms with Crippen molar-refractivity contribution in [3.63, 3.8) is 0 Å². The summed E-state index contributed by atoms with van der Waals surface area (Å²) < 4.78 is 1.17. The summed E-state index contributed by atoms with van der Waals surface area (Å²) in [7, 11) is 0. The maximum atomic E-state index is 12.7. The topological polar surface area (TPSA) is 80.2 Å². The second kappa shape index (κ2) is 9.62. The SMILES string of the molecule is Cc1cc(C)c(NC(=O)Cn2c(C(=O)NCc3cccc(Cl)c3)cccc2=O)c(C)c1. The molecule has 3 aromatic rings. The van der Waals surface area contributed by atoms with Crippen molar-refractivity contribution >= 4 is 29.1 Å². The standard InChI is InChI=1S/C24H24ClN3O3/c1-15-10-16(2)23(17(3)11-15)27-21(29)14-28-20(8-5-9-22(28)30)24(31)26-13-18-6-4-7-19(25)12-18/h4-12H,13-14H2,1-3H3,(H,26,31)(H,27,29). The first-order chi connectivity index (χ1) is 14.7. The van der Waals surface area contributed by atoms with E-state index in [0.717, 1.165) is 22.3 Å². The zero-order chi connectivity index (χ0) is 22.5. The van der Waals surface area contributed by atoms with E-state index in [4.69, 9.17) is 11.6 Å². The van der Waals surface area contributed by atoms with Crippen LogP contribution in [0.5, 0.6) is 0 Å². The number of aromatic nitrogens is 1. The third-order valence-corrected chi connectivity index (χ3v) is 5.10. The van der Waals surface area contributed by atoms with Crippen LogP contribution in [-0.4, -0.2) is 16.4 Å². The molecule has 0 fully saturated rings. The van der Waals surface area contributed by atoms with E-state index < -0.39 is 11.5 Å². The van der Waals surface area contributed by atoms with Gasteiger partial charge < -0.3 is 10.6 Å². The van der Waals surface area contributed by atoms with E-state index in [1.54, 1.807) is 18.2 Å². The van der Waals surface area contributed by atoms with E-state index in [2.05, 4.69) is 10.6 Å². The lowest BCUT2D eigenvalue weighted by Crippen LogP contribution is -2.35. The minimum absolute atomic E-state index is 0.113. The molecule has 0 spiro atoms. The first-order valence-corrected chi connectivity index (χ1v) is 10.2. The number of carbonyl (C=O) groups is 2. The van der Waals surface area contributed by atoms with E-state index in [9.17, 15) is 14.4 Å². The van der Waals surface area contributed by atoms with Gasteiger partial charge in [0.1, 0.15) is 12.2 Å². The lowest BCUT2D eigenvalue weighted by molar-refractivity contribution is -0.116. The number of benzene rings is 2. The van der Waals surface area contributed by atoms with Crippen LogP contribution >= 0.6 is 11.6 Å². The molecule has 1 heterocycles. The number of nitrogens with one attached hydrogen (secondary N) is 2. The molecule has 0 bridgehead atoms. The molecule has 2 aromatic carbocycles. The Bertz CT molecular complexity index is 1180. The second-order valence-corrected chi connectivity index (χ2v) is 7.91. The van der Waals surface area contributed by atoms with Crippen molar-refractivity contribution < 1.29 is 9.59 Å². The van der Waals surface area contributed by atoms with Crippen LogP contribution in [-0.2, 0) is 17.9 Å². The zero-order valence-electron chi connectivity index (χ0n) is 17.7. The van der Waals surface area contributed by atoms with Crippen molar-refractivity contribution in [3.05, 3.63) is 97.9 Å². The maximum Gasteiger partial charge on any atom is 0.268 e. The Labute approximate surface area is 185 Å². The van der Waals surface area contributed by atoms with Gasteiger partial charge in [-0.25, -0.2) is 0 Å². The first-order valence-electron chi connectivity index (χ1n) is 9.85. The Morgan fingerprint density at radius 3 is 2.32 bits per heavy atom.